The molecule has 12 rings (SSSR count). The van der Waals surface area contributed by atoms with Gasteiger partial charge in [0.25, 0.3) is 0 Å². The molecule has 1 aliphatic heterocycles. The molecule has 4 nitrogen and oxygen atoms in total. The number of fused-ring (bicyclic) bond motifs is 7. The van der Waals surface area contributed by atoms with E-state index in [9.17, 15) is 0 Å². The summed E-state index contributed by atoms with van der Waals surface area (Å²) in [5, 5.41) is 6.78. The zero-order valence-corrected chi connectivity index (χ0v) is 32.5. The van der Waals surface area contributed by atoms with Crippen molar-refractivity contribution in [2.24, 2.45) is 0 Å². The van der Waals surface area contributed by atoms with Gasteiger partial charge in [0.2, 0.25) is 0 Å². The summed E-state index contributed by atoms with van der Waals surface area (Å²) in [6.07, 6.45) is 0. The van der Waals surface area contributed by atoms with E-state index in [1.807, 2.05) is 12.1 Å². The normalized spacial score (nSPS) is 11.8. The second-order valence-corrected chi connectivity index (χ2v) is 15.3. The molecule has 0 amide bonds. The van der Waals surface area contributed by atoms with Gasteiger partial charge in [-0.05, 0) is 106 Å². The fourth-order valence-electron chi connectivity index (χ4n) is 9.12. The third-order valence-corrected chi connectivity index (χ3v) is 11.8. The highest BCUT2D eigenvalue weighted by Crippen LogP contribution is 2.52. The first-order valence-electron chi connectivity index (χ1n) is 20.3. The van der Waals surface area contributed by atoms with Crippen LogP contribution in [0.25, 0.3) is 65.7 Å². The van der Waals surface area contributed by atoms with Gasteiger partial charge in [-0.2, -0.15) is 0 Å². The number of hydrogen-bond donors (Lipinski definition) is 0. The lowest BCUT2D eigenvalue weighted by molar-refractivity contribution is 0.487. The quantitative estimate of drug-likeness (QED) is 0.151. The zero-order chi connectivity index (χ0) is 39.6. The molecule has 0 fully saturated rings. The van der Waals surface area contributed by atoms with Crippen LogP contribution in [0.3, 0.4) is 0 Å². The molecule has 0 atom stereocenters. The smallest absolute Gasteiger partial charge is 0.159 e. The van der Waals surface area contributed by atoms with E-state index in [1.54, 1.807) is 0 Å². The van der Waals surface area contributed by atoms with Gasteiger partial charge in [0.1, 0.15) is 17.1 Å². The maximum atomic E-state index is 6.92. The first-order valence-corrected chi connectivity index (χ1v) is 20.3. The third-order valence-electron chi connectivity index (χ3n) is 11.8. The van der Waals surface area contributed by atoms with Crippen LogP contribution in [0.1, 0.15) is 0 Å². The number of para-hydroxylation sites is 5. The maximum absolute atomic E-state index is 6.92. The minimum atomic E-state index is 0.829. The number of furan rings is 1. The van der Waals surface area contributed by atoms with E-state index in [-0.39, 0.29) is 0 Å². The lowest BCUT2D eigenvalue weighted by atomic mass is 9.90. The number of ether oxygens (including phenoxy) is 1. The fourth-order valence-corrected chi connectivity index (χ4v) is 9.12. The summed E-state index contributed by atoms with van der Waals surface area (Å²) in [7, 11) is 0. The van der Waals surface area contributed by atoms with Gasteiger partial charge in [0.15, 0.2) is 5.58 Å². The van der Waals surface area contributed by atoms with Gasteiger partial charge in [-0.1, -0.05) is 133 Å². The highest BCUT2D eigenvalue weighted by molar-refractivity contribution is 6.18. The van der Waals surface area contributed by atoms with Crippen molar-refractivity contribution < 1.29 is 9.15 Å². The van der Waals surface area contributed by atoms with Crippen LogP contribution in [-0.2, 0) is 0 Å². The van der Waals surface area contributed by atoms with Crippen LogP contribution in [0.15, 0.2) is 223 Å². The first kappa shape index (κ1) is 34.0. The van der Waals surface area contributed by atoms with Gasteiger partial charge >= 0.3 is 0 Å². The molecular weight excluding hydrogens is 733 g/mol. The average molecular weight is 769 g/mol. The number of anilines is 6. The standard InChI is InChI=1S/C56H36N2O2/c1-4-16-37(17-5-1)43-22-10-12-26-50(43)57(39-18-6-2-7-19-39)42-32-33-45-49-34-38-30-31-41(35-48(38)46-24-15-29-53(55(46)49)59-54(45)36-42)58(40-20-8-3-9-21-40)51-27-14-25-47-44-23-11-13-28-52(44)60-56(47)51/h1-36H. The summed E-state index contributed by atoms with van der Waals surface area (Å²) in [5.74, 6) is 1.68. The number of benzene rings is 10. The van der Waals surface area contributed by atoms with Crippen LogP contribution in [0.5, 0.6) is 11.5 Å². The van der Waals surface area contributed by atoms with Crippen LogP contribution in [-0.4, -0.2) is 0 Å². The van der Waals surface area contributed by atoms with Gasteiger partial charge in [-0.15, -0.1) is 0 Å². The summed E-state index contributed by atoms with van der Waals surface area (Å²) in [6, 6.07) is 77.2. The van der Waals surface area contributed by atoms with Crippen molar-refractivity contribution in [1.29, 1.82) is 0 Å². The van der Waals surface area contributed by atoms with E-state index < -0.39 is 0 Å². The average Bonchev–Trinajstić information content (AvgIpc) is 3.70. The minimum absolute atomic E-state index is 0.829. The predicted molar refractivity (Wildman–Crippen MR) is 249 cm³/mol. The molecule has 282 valence electrons. The molecule has 0 radical (unpaired) electrons. The molecular formula is C56H36N2O2. The Hall–Kier alpha value is -8.08. The minimum Gasteiger partial charge on any atom is -0.456 e. The molecule has 0 spiro atoms. The van der Waals surface area contributed by atoms with Crippen molar-refractivity contribution in [2.75, 3.05) is 9.80 Å². The van der Waals surface area contributed by atoms with Gasteiger partial charge in [0, 0.05) is 56.1 Å². The van der Waals surface area contributed by atoms with Gasteiger partial charge in [-0.25, -0.2) is 0 Å². The topological polar surface area (TPSA) is 28.9 Å². The molecule has 2 heterocycles. The number of nitrogens with zero attached hydrogens (tertiary/aromatic N) is 2. The SMILES string of the molecule is c1ccc(-c2ccccc2N(c2ccccc2)c2ccc3c(c2)Oc2cccc4c2c-3cc2ccc(N(c3ccccc3)c3cccc5c3oc3ccccc35)cc24)cc1. The molecule has 0 bridgehead atoms. The van der Waals surface area contributed by atoms with Crippen molar-refractivity contribution in [1.82, 2.24) is 0 Å². The molecule has 10 aromatic carbocycles. The van der Waals surface area contributed by atoms with E-state index in [4.69, 9.17) is 9.15 Å². The van der Waals surface area contributed by atoms with E-state index in [0.29, 0.717) is 0 Å². The Kier molecular flexibility index (Phi) is 7.82. The highest BCUT2D eigenvalue weighted by atomic mass is 16.5. The number of hydrogen-bond acceptors (Lipinski definition) is 4. The Morgan fingerprint density at radius 1 is 0.333 bits per heavy atom. The first-order chi connectivity index (χ1) is 29.8. The van der Waals surface area contributed by atoms with Gasteiger partial charge in [0.05, 0.1) is 11.4 Å². The lowest BCUT2D eigenvalue weighted by Crippen LogP contribution is -2.11. The zero-order valence-electron chi connectivity index (χ0n) is 32.5. The van der Waals surface area contributed by atoms with E-state index >= 15 is 0 Å². The molecule has 0 N–H and O–H groups in total. The van der Waals surface area contributed by atoms with Gasteiger partial charge < -0.3 is 19.0 Å². The van der Waals surface area contributed by atoms with E-state index in [2.05, 4.69) is 216 Å². The van der Waals surface area contributed by atoms with Crippen LogP contribution < -0.4 is 14.5 Å². The summed E-state index contributed by atoms with van der Waals surface area (Å²) < 4.78 is 13.5. The molecule has 4 heteroatoms. The Morgan fingerprint density at radius 3 is 1.77 bits per heavy atom. The molecule has 0 aliphatic carbocycles. The fraction of sp³-hybridized carbons (Fsp3) is 0. The molecule has 1 aliphatic rings. The Bertz CT molecular complexity index is 3410. The molecule has 0 saturated heterocycles. The molecule has 0 unspecified atom stereocenters. The van der Waals surface area contributed by atoms with Crippen molar-refractivity contribution >= 4 is 77.6 Å². The maximum Gasteiger partial charge on any atom is 0.159 e. The largest absolute Gasteiger partial charge is 0.456 e. The van der Waals surface area contributed by atoms with Crippen LogP contribution in [0.2, 0.25) is 0 Å². The van der Waals surface area contributed by atoms with Crippen molar-refractivity contribution in [3.8, 4) is 33.8 Å². The summed E-state index contributed by atoms with van der Waals surface area (Å²) in [5.41, 5.74) is 12.6. The van der Waals surface area contributed by atoms with Crippen molar-refractivity contribution in [3.63, 3.8) is 0 Å². The summed E-state index contributed by atoms with van der Waals surface area (Å²) in [4.78, 5) is 4.63. The van der Waals surface area contributed by atoms with Crippen LogP contribution >= 0.6 is 0 Å². The summed E-state index contributed by atoms with van der Waals surface area (Å²) in [6.45, 7) is 0. The third kappa shape index (κ3) is 5.46. The van der Waals surface area contributed by atoms with E-state index in [0.717, 1.165) is 111 Å². The van der Waals surface area contributed by atoms with E-state index in [1.165, 1.54) is 0 Å². The predicted octanol–water partition coefficient (Wildman–Crippen LogP) is 16.3. The Morgan fingerprint density at radius 2 is 0.950 bits per heavy atom. The summed E-state index contributed by atoms with van der Waals surface area (Å²) >= 11 is 0. The van der Waals surface area contributed by atoms with Gasteiger partial charge in [-0.3, -0.25) is 0 Å². The lowest BCUT2D eigenvalue weighted by Gasteiger charge is -2.30. The molecule has 11 aromatic rings. The monoisotopic (exact) mass is 768 g/mol. The second-order valence-electron chi connectivity index (χ2n) is 15.3. The van der Waals surface area contributed by atoms with Crippen molar-refractivity contribution in [2.45, 2.75) is 0 Å². The molecule has 0 saturated carbocycles. The van der Waals surface area contributed by atoms with Crippen molar-refractivity contribution in [3.05, 3.63) is 218 Å². The highest BCUT2D eigenvalue weighted by Gasteiger charge is 2.26. The number of rotatable bonds is 7. The Labute approximate surface area is 347 Å². The van der Waals surface area contributed by atoms with Crippen LogP contribution in [0, 0.1) is 0 Å². The second kappa shape index (κ2) is 13.8. The van der Waals surface area contributed by atoms with Crippen LogP contribution in [0.4, 0.5) is 34.1 Å². The molecule has 1 aromatic heterocycles. The Balaban J connectivity index is 1.01. The molecule has 60 heavy (non-hydrogen) atoms.